The highest BCUT2D eigenvalue weighted by atomic mass is 32.1. The molecule has 0 amide bonds. The molecule has 1 aromatic heterocycles. The first-order chi connectivity index (χ1) is 10.3. The van der Waals surface area contributed by atoms with Gasteiger partial charge >= 0.3 is 0 Å². The summed E-state index contributed by atoms with van der Waals surface area (Å²) in [5.74, 6) is 0.866. The number of rotatable bonds is 5. The quantitative estimate of drug-likeness (QED) is 0.909. The molecule has 0 bridgehead atoms. The fourth-order valence-electron chi connectivity index (χ4n) is 2.58. The number of nitrogens with zero attached hydrogens (tertiary/aromatic N) is 2. The third-order valence-electron chi connectivity index (χ3n) is 3.73. The third-order valence-corrected chi connectivity index (χ3v) is 4.53. The van der Waals surface area contributed by atoms with Crippen LogP contribution in [0.2, 0.25) is 0 Å². The average Bonchev–Trinajstić information content (AvgIpc) is 2.96. The monoisotopic (exact) mass is 303 g/mol. The minimum atomic E-state index is 0.866. The summed E-state index contributed by atoms with van der Waals surface area (Å²) in [7, 11) is 1.68. The predicted molar refractivity (Wildman–Crippen MR) is 87.5 cm³/mol. The maximum Gasteiger partial charge on any atom is 0.187 e. The number of hydrogen-bond donors (Lipinski definition) is 1. The second-order valence-electron chi connectivity index (χ2n) is 5.33. The highest BCUT2D eigenvalue weighted by Crippen LogP contribution is 2.24. The second-order valence-corrected chi connectivity index (χ2v) is 6.19. The van der Waals surface area contributed by atoms with E-state index >= 15 is 0 Å². The van der Waals surface area contributed by atoms with Gasteiger partial charge in [0.2, 0.25) is 0 Å². The average molecular weight is 303 g/mol. The Balaban J connectivity index is 1.58. The first-order valence-corrected chi connectivity index (χ1v) is 8.29. The van der Waals surface area contributed by atoms with Gasteiger partial charge in [-0.3, -0.25) is 4.90 Å². The van der Waals surface area contributed by atoms with Gasteiger partial charge in [0.15, 0.2) is 5.13 Å². The molecule has 0 aliphatic carbocycles. The Kier molecular flexibility index (Phi) is 4.72. The van der Waals surface area contributed by atoms with E-state index in [1.165, 1.54) is 32.4 Å². The highest BCUT2D eigenvalue weighted by Gasteiger charge is 2.12. The lowest BCUT2D eigenvalue weighted by molar-refractivity contribution is 0.219. The van der Waals surface area contributed by atoms with Gasteiger partial charge in [-0.1, -0.05) is 6.42 Å². The van der Waals surface area contributed by atoms with Gasteiger partial charge < -0.3 is 10.1 Å². The molecule has 112 valence electrons. The molecule has 1 N–H and O–H groups in total. The van der Waals surface area contributed by atoms with Crippen molar-refractivity contribution in [3.63, 3.8) is 0 Å². The smallest absolute Gasteiger partial charge is 0.187 e. The molecule has 5 heteroatoms. The predicted octanol–water partition coefficient (Wildman–Crippen LogP) is 3.88. The third kappa shape index (κ3) is 3.95. The van der Waals surface area contributed by atoms with Crippen molar-refractivity contribution in [3.8, 4) is 5.75 Å². The Labute approximate surface area is 129 Å². The molecule has 1 aliphatic rings. The fourth-order valence-corrected chi connectivity index (χ4v) is 3.30. The first kappa shape index (κ1) is 14.4. The van der Waals surface area contributed by atoms with Gasteiger partial charge in [-0.15, -0.1) is 11.3 Å². The summed E-state index contributed by atoms with van der Waals surface area (Å²) >= 11 is 1.66. The Bertz CT molecular complexity index is 561. The normalized spacial score (nSPS) is 15.9. The lowest BCUT2D eigenvalue weighted by Gasteiger charge is -2.25. The first-order valence-electron chi connectivity index (χ1n) is 7.41. The SMILES string of the molecule is COc1ccc(Nc2nc(CN3CCCCC3)cs2)cc1. The number of anilines is 2. The zero-order chi connectivity index (χ0) is 14.5. The van der Waals surface area contributed by atoms with E-state index in [1.807, 2.05) is 24.3 Å². The van der Waals surface area contributed by atoms with Crippen LogP contribution in [0, 0.1) is 0 Å². The molecule has 1 aromatic carbocycles. The van der Waals surface area contributed by atoms with Crippen molar-refractivity contribution in [2.24, 2.45) is 0 Å². The lowest BCUT2D eigenvalue weighted by Crippen LogP contribution is -2.29. The Morgan fingerprint density at radius 1 is 1.19 bits per heavy atom. The van der Waals surface area contributed by atoms with Crippen LogP contribution in [-0.4, -0.2) is 30.1 Å². The molecule has 2 aromatic rings. The number of benzene rings is 1. The molecule has 0 spiro atoms. The van der Waals surface area contributed by atoms with Gasteiger partial charge in [-0.25, -0.2) is 4.98 Å². The van der Waals surface area contributed by atoms with Crippen LogP contribution in [0.25, 0.3) is 0 Å². The Morgan fingerprint density at radius 3 is 2.67 bits per heavy atom. The van der Waals surface area contributed by atoms with Gasteiger partial charge in [0, 0.05) is 17.6 Å². The van der Waals surface area contributed by atoms with Crippen LogP contribution in [0.3, 0.4) is 0 Å². The van der Waals surface area contributed by atoms with E-state index in [4.69, 9.17) is 4.74 Å². The van der Waals surface area contributed by atoms with Crippen LogP contribution in [0.4, 0.5) is 10.8 Å². The lowest BCUT2D eigenvalue weighted by atomic mass is 10.1. The molecule has 3 rings (SSSR count). The summed E-state index contributed by atoms with van der Waals surface area (Å²) in [6, 6.07) is 7.91. The minimum absolute atomic E-state index is 0.866. The standard InChI is InChI=1S/C16H21N3OS/c1-20-15-7-5-13(6-8-15)17-16-18-14(12-21-16)11-19-9-3-2-4-10-19/h5-8,12H,2-4,9-11H2,1H3,(H,17,18). The maximum absolute atomic E-state index is 5.16. The summed E-state index contributed by atoms with van der Waals surface area (Å²) in [5, 5.41) is 6.45. The van der Waals surface area contributed by atoms with E-state index < -0.39 is 0 Å². The van der Waals surface area contributed by atoms with Crippen molar-refractivity contribution in [2.75, 3.05) is 25.5 Å². The van der Waals surface area contributed by atoms with Crippen molar-refractivity contribution < 1.29 is 4.74 Å². The highest BCUT2D eigenvalue weighted by molar-refractivity contribution is 7.13. The number of hydrogen-bond acceptors (Lipinski definition) is 5. The van der Waals surface area contributed by atoms with Crippen molar-refractivity contribution >= 4 is 22.2 Å². The molecule has 0 saturated carbocycles. The Morgan fingerprint density at radius 2 is 1.95 bits per heavy atom. The molecule has 1 aliphatic heterocycles. The van der Waals surface area contributed by atoms with Gasteiger partial charge in [-0.05, 0) is 50.2 Å². The van der Waals surface area contributed by atoms with Crippen molar-refractivity contribution in [2.45, 2.75) is 25.8 Å². The molecule has 21 heavy (non-hydrogen) atoms. The molecule has 1 saturated heterocycles. The van der Waals surface area contributed by atoms with Crippen LogP contribution in [0.15, 0.2) is 29.6 Å². The van der Waals surface area contributed by atoms with E-state index in [1.54, 1.807) is 18.4 Å². The topological polar surface area (TPSA) is 37.4 Å². The van der Waals surface area contributed by atoms with Crippen LogP contribution in [0.1, 0.15) is 25.0 Å². The fraction of sp³-hybridized carbons (Fsp3) is 0.438. The van der Waals surface area contributed by atoms with Gasteiger partial charge in [0.1, 0.15) is 5.75 Å². The molecule has 0 radical (unpaired) electrons. The van der Waals surface area contributed by atoms with Crippen LogP contribution in [-0.2, 0) is 6.54 Å². The number of nitrogens with one attached hydrogen (secondary N) is 1. The summed E-state index contributed by atoms with van der Waals surface area (Å²) in [6.45, 7) is 3.39. The van der Waals surface area contributed by atoms with Crippen LogP contribution >= 0.6 is 11.3 Å². The zero-order valence-electron chi connectivity index (χ0n) is 12.3. The Hall–Kier alpha value is -1.59. The number of ether oxygens (including phenoxy) is 1. The van der Waals surface area contributed by atoms with E-state index in [0.717, 1.165) is 28.8 Å². The van der Waals surface area contributed by atoms with Crippen molar-refractivity contribution in [1.82, 2.24) is 9.88 Å². The van der Waals surface area contributed by atoms with E-state index in [0.29, 0.717) is 0 Å². The molecular formula is C16H21N3OS. The minimum Gasteiger partial charge on any atom is -0.497 e. The van der Waals surface area contributed by atoms with E-state index in [-0.39, 0.29) is 0 Å². The largest absolute Gasteiger partial charge is 0.497 e. The molecular weight excluding hydrogens is 282 g/mol. The molecule has 0 atom stereocenters. The molecule has 1 fully saturated rings. The van der Waals surface area contributed by atoms with E-state index in [2.05, 4.69) is 20.6 Å². The summed E-state index contributed by atoms with van der Waals surface area (Å²) in [5.41, 5.74) is 2.20. The molecule has 2 heterocycles. The van der Waals surface area contributed by atoms with Crippen LogP contribution < -0.4 is 10.1 Å². The van der Waals surface area contributed by atoms with Gasteiger partial charge in [0.05, 0.1) is 12.8 Å². The van der Waals surface area contributed by atoms with Gasteiger partial charge in [0.25, 0.3) is 0 Å². The van der Waals surface area contributed by atoms with E-state index in [9.17, 15) is 0 Å². The summed E-state index contributed by atoms with van der Waals surface area (Å²) < 4.78 is 5.16. The number of methoxy groups -OCH3 is 1. The number of likely N-dealkylation sites (tertiary alicyclic amines) is 1. The molecule has 0 unspecified atom stereocenters. The van der Waals surface area contributed by atoms with Gasteiger partial charge in [-0.2, -0.15) is 0 Å². The second kappa shape index (κ2) is 6.91. The number of aromatic nitrogens is 1. The van der Waals surface area contributed by atoms with Crippen molar-refractivity contribution in [3.05, 3.63) is 35.3 Å². The maximum atomic E-state index is 5.16. The summed E-state index contributed by atoms with van der Waals surface area (Å²) in [4.78, 5) is 7.17. The van der Waals surface area contributed by atoms with Crippen molar-refractivity contribution in [1.29, 1.82) is 0 Å². The zero-order valence-corrected chi connectivity index (χ0v) is 13.2. The summed E-state index contributed by atoms with van der Waals surface area (Å²) in [6.07, 6.45) is 4.01. The molecule has 4 nitrogen and oxygen atoms in total. The number of thiazole rings is 1. The van der Waals surface area contributed by atoms with Crippen LogP contribution in [0.5, 0.6) is 5.75 Å². The number of piperidine rings is 1.